The van der Waals surface area contributed by atoms with Gasteiger partial charge in [0.15, 0.2) is 0 Å². The van der Waals surface area contributed by atoms with Crippen LogP contribution in [0.3, 0.4) is 0 Å². The summed E-state index contributed by atoms with van der Waals surface area (Å²) in [5.41, 5.74) is -0.163. The fourth-order valence-corrected chi connectivity index (χ4v) is 2.91. The molecule has 1 aliphatic heterocycles. The van der Waals surface area contributed by atoms with E-state index in [2.05, 4.69) is 24.5 Å². The fourth-order valence-electron chi connectivity index (χ4n) is 2.91. The van der Waals surface area contributed by atoms with Gasteiger partial charge >= 0.3 is 0 Å². The van der Waals surface area contributed by atoms with E-state index in [-0.39, 0.29) is 17.4 Å². The van der Waals surface area contributed by atoms with Crippen molar-refractivity contribution in [1.29, 1.82) is 0 Å². The highest BCUT2D eigenvalue weighted by Gasteiger charge is 2.37. The molecule has 1 saturated heterocycles. The van der Waals surface area contributed by atoms with Gasteiger partial charge < -0.3 is 15.1 Å². The molecule has 1 aromatic rings. The smallest absolute Gasteiger partial charge is 0.226 e. The van der Waals surface area contributed by atoms with Crippen LogP contribution < -0.4 is 10.6 Å². The van der Waals surface area contributed by atoms with Gasteiger partial charge in [-0.25, -0.2) is 0 Å². The van der Waals surface area contributed by atoms with Crippen molar-refractivity contribution < 1.29 is 9.21 Å². The van der Waals surface area contributed by atoms with Crippen molar-refractivity contribution in [3.8, 4) is 0 Å². The Kier molecular flexibility index (Phi) is 5.24. The van der Waals surface area contributed by atoms with Crippen LogP contribution in [0.15, 0.2) is 22.8 Å². The van der Waals surface area contributed by atoms with E-state index in [1.54, 1.807) is 6.26 Å². The van der Waals surface area contributed by atoms with Crippen LogP contribution in [-0.2, 0) is 11.2 Å². The van der Waals surface area contributed by atoms with Crippen LogP contribution in [-0.4, -0.2) is 25.0 Å². The third-order valence-electron chi connectivity index (χ3n) is 4.50. The zero-order valence-electron chi connectivity index (χ0n) is 12.6. The van der Waals surface area contributed by atoms with Gasteiger partial charge in [-0.1, -0.05) is 6.92 Å². The largest absolute Gasteiger partial charge is 0.469 e. The van der Waals surface area contributed by atoms with E-state index in [0.29, 0.717) is 0 Å². The summed E-state index contributed by atoms with van der Waals surface area (Å²) in [5, 5.41) is 6.53. The van der Waals surface area contributed by atoms with Crippen LogP contribution in [0.2, 0.25) is 0 Å². The zero-order chi connectivity index (χ0) is 14.4. The maximum Gasteiger partial charge on any atom is 0.226 e. The summed E-state index contributed by atoms with van der Waals surface area (Å²) >= 11 is 0. The summed E-state index contributed by atoms with van der Waals surface area (Å²) in [6, 6.07) is 4.07. The van der Waals surface area contributed by atoms with Crippen molar-refractivity contribution in [2.24, 2.45) is 5.41 Å². The summed E-state index contributed by atoms with van der Waals surface area (Å²) in [4.78, 5) is 12.6. The van der Waals surface area contributed by atoms with Crippen molar-refractivity contribution in [3.05, 3.63) is 24.2 Å². The first-order valence-electron chi connectivity index (χ1n) is 7.70. The average molecular weight is 278 g/mol. The van der Waals surface area contributed by atoms with Gasteiger partial charge in [0.05, 0.1) is 11.7 Å². The van der Waals surface area contributed by atoms with Crippen molar-refractivity contribution in [2.75, 3.05) is 13.1 Å². The second kappa shape index (κ2) is 6.93. The number of carbonyl (C=O) groups is 1. The van der Waals surface area contributed by atoms with E-state index in [1.807, 2.05) is 12.1 Å². The van der Waals surface area contributed by atoms with Crippen LogP contribution in [0.4, 0.5) is 0 Å². The lowest BCUT2D eigenvalue weighted by molar-refractivity contribution is -0.133. The van der Waals surface area contributed by atoms with Crippen molar-refractivity contribution in [3.63, 3.8) is 0 Å². The summed E-state index contributed by atoms with van der Waals surface area (Å²) in [5.74, 6) is 1.21. The van der Waals surface area contributed by atoms with Crippen molar-refractivity contribution >= 4 is 5.91 Å². The zero-order valence-corrected chi connectivity index (χ0v) is 12.6. The Labute approximate surface area is 121 Å². The Balaban J connectivity index is 1.82. The van der Waals surface area contributed by atoms with E-state index in [4.69, 9.17) is 4.42 Å². The molecule has 0 saturated carbocycles. The first kappa shape index (κ1) is 15.1. The molecule has 112 valence electrons. The number of hydrogen-bond donors (Lipinski definition) is 2. The van der Waals surface area contributed by atoms with Gasteiger partial charge in [-0.3, -0.25) is 4.79 Å². The summed E-state index contributed by atoms with van der Waals surface area (Å²) in [6.07, 6.45) is 6.29. The molecule has 1 unspecified atom stereocenters. The fraction of sp³-hybridized carbons (Fsp3) is 0.688. The lowest BCUT2D eigenvalue weighted by Crippen LogP contribution is -2.49. The molecule has 1 amide bonds. The van der Waals surface area contributed by atoms with Crippen LogP contribution in [0.25, 0.3) is 0 Å². The molecule has 0 aliphatic carbocycles. The highest BCUT2D eigenvalue weighted by Crippen LogP contribution is 2.32. The molecule has 4 heteroatoms. The van der Waals surface area contributed by atoms with Crippen LogP contribution >= 0.6 is 0 Å². The number of furan rings is 1. The normalized spacial score (nSPS) is 19.5. The van der Waals surface area contributed by atoms with Crippen LogP contribution in [0.5, 0.6) is 0 Å². The highest BCUT2D eigenvalue weighted by atomic mass is 16.3. The first-order valence-corrected chi connectivity index (χ1v) is 7.70. The van der Waals surface area contributed by atoms with E-state index < -0.39 is 0 Å². The Morgan fingerprint density at radius 3 is 2.85 bits per heavy atom. The standard InChI is InChI=1S/C16H26N2O2/c1-3-16(8-10-17-11-9-16)15(19)18-13(2)6-7-14-5-4-12-20-14/h4-5,12-13,17H,3,6-11H2,1-2H3,(H,18,19). The maximum absolute atomic E-state index is 12.6. The molecule has 1 atom stereocenters. The molecule has 2 rings (SSSR count). The Hall–Kier alpha value is -1.29. The number of aryl methyl sites for hydroxylation is 1. The second-order valence-corrected chi connectivity index (χ2v) is 5.88. The molecule has 0 aromatic carbocycles. The van der Waals surface area contributed by atoms with Crippen molar-refractivity contribution in [2.45, 2.75) is 52.0 Å². The van der Waals surface area contributed by atoms with Gasteiger partial charge in [-0.15, -0.1) is 0 Å². The Bertz CT molecular complexity index is 408. The van der Waals surface area contributed by atoms with Gasteiger partial charge in [0.2, 0.25) is 5.91 Å². The number of hydrogen-bond acceptors (Lipinski definition) is 3. The van der Waals surface area contributed by atoms with Gasteiger partial charge in [0, 0.05) is 12.5 Å². The van der Waals surface area contributed by atoms with Gasteiger partial charge in [-0.05, 0) is 57.8 Å². The maximum atomic E-state index is 12.6. The number of piperidine rings is 1. The molecular formula is C16H26N2O2. The third-order valence-corrected chi connectivity index (χ3v) is 4.50. The first-order chi connectivity index (χ1) is 9.66. The monoisotopic (exact) mass is 278 g/mol. The molecule has 20 heavy (non-hydrogen) atoms. The molecule has 2 heterocycles. The molecule has 0 bridgehead atoms. The summed E-state index contributed by atoms with van der Waals surface area (Å²) in [7, 11) is 0. The number of nitrogens with one attached hydrogen (secondary N) is 2. The average Bonchev–Trinajstić information content (AvgIpc) is 2.99. The predicted octanol–water partition coefficient (Wildman–Crippen LogP) is 2.50. The SMILES string of the molecule is CCC1(C(=O)NC(C)CCc2ccco2)CCNCC1. The number of rotatable bonds is 6. The molecule has 0 spiro atoms. The summed E-state index contributed by atoms with van der Waals surface area (Å²) < 4.78 is 5.33. The number of amides is 1. The topological polar surface area (TPSA) is 54.3 Å². The van der Waals surface area contributed by atoms with Crippen LogP contribution in [0, 0.1) is 5.41 Å². The molecule has 1 aromatic heterocycles. The minimum atomic E-state index is -0.163. The van der Waals surface area contributed by atoms with E-state index >= 15 is 0 Å². The highest BCUT2D eigenvalue weighted by molar-refractivity contribution is 5.83. The van der Waals surface area contributed by atoms with Crippen LogP contribution in [0.1, 0.15) is 45.3 Å². The predicted molar refractivity (Wildman–Crippen MR) is 79.5 cm³/mol. The van der Waals surface area contributed by atoms with Gasteiger partial charge in [-0.2, -0.15) is 0 Å². The van der Waals surface area contributed by atoms with E-state index in [1.165, 1.54) is 0 Å². The molecular weight excluding hydrogens is 252 g/mol. The minimum absolute atomic E-state index is 0.163. The van der Waals surface area contributed by atoms with Crippen molar-refractivity contribution in [1.82, 2.24) is 10.6 Å². The molecule has 1 aliphatic rings. The lowest BCUT2D eigenvalue weighted by atomic mass is 9.75. The molecule has 0 radical (unpaired) electrons. The number of carbonyl (C=O) groups excluding carboxylic acids is 1. The lowest BCUT2D eigenvalue weighted by Gasteiger charge is -2.36. The Morgan fingerprint density at radius 1 is 1.50 bits per heavy atom. The second-order valence-electron chi connectivity index (χ2n) is 5.88. The quantitative estimate of drug-likeness (QED) is 0.840. The third kappa shape index (κ3) is 3.63. The van der Waals surface area contributed by atoms with E-state index in [0.717, 1.165) is 51.0 Å². The minimum Gasteiger partial charge on any atom is -0.469 e. The van der Waals surface area contributed by atoms with E-state index in [9.17, 15) is 4.79 Å². The Morgan fingerprint density at radius 2 is 2.25 bits per heavy atom. The summed E-state index contributed by atoms with van der Waals surface area (Å²) in [6.45, 7) is 6.09. The molecule has 2 N–H and O–H groups in total. The van der Waals surface area contributed by atoms with Gasteiger partial charge in [0.25, 0.3) is 0 Å². The molecule has 1 fully saturated rings. The van der Waals surface area contributed by atoms with Gasteiger partial charge in [0.1, 0.15) is 5.76 Å². The molecule has 4 nitrogen and oxygen atoms in total.